The molecule has 3 rings (SSSR count). The predicted molar refractivity (Wildman–Crippen MR) is 97.4 cm³/mol. The molecule has 1 aliphatic rings. The summed E-state index contributed by atoms with van der Waals surface area (Å²) in [5, 5.41) is 2.79. The van der Waals surface area contributed by atoms with Gasteiger partial charge >= 0.3 is 0 Å². The largest absolute Gasteiger partial charge is 0.353 e. The Kier molecular flexibility index (Phi) is 5.46. The van der Waals surface area contributed by atoms with E-state index in [0.29, 0.717) is 18.8 Å². The third kappa shape index (κ3) is 4.56. The number of benzene rings is 1. The lowest BCUT2D eigenvalue weighted by Crippen LogP contribution is -2.48. The number of nitrogens with zero attached hydrogens (tertiary/aromatic N) is 3. The van der Waals surface area contributed by atoms with Crippen LogP contribution in [0, 0.1) is 5.82 Å². The van der Waals surface area contributed by atoms with Crippen molar-refractivity contribution in [2.24, 2.45) is 0 Å². The van der Waals surface area contributed by atoms with E-state index >= 15 is 0 Å². The Hall–Kier alpha value is -2.96. The SMILES string of the molecule is CC(=O)N1CCN(c2ccc(NC(=O)Cc3ccc(F)cc3)cn2)CC1. The van der Waals surface area contributed by atoms with Crippen LogP contribution in [-0.4, -0.2) is 47.9 Å². The highest BCUT2D eigenvalue weighted by Gasteiger charge is 2.19. The zero-order valence-electron chi connectivity index (χ0n) is 14.6. The van der Waals surface area contributed by atoms with Crippen LogP contribution in [0.4, 0.5) is 15.9 Å². The maximum atomic E-state index is 12.9. The second-order valence-electron chi connectivity index (χ2n) is 6.25. The van der Waals surface area contributed by atoms with Gasteiger partial charge in [-0.1, -0.05) is 12.1 Å². The molecule has 2 amide bonds. The van der Waals surface area contributed by atoms with Crippen LogP contribution in [0.2, 0.25) is 0 Å². The maximum Gasteiger partial charge on any atom is 0.228 e. The molecule has 26 heavy (non-hydrogen) atoms. The molecule has 0 bridgehead atoms. The van der Waals surface area contributed by atoms with Crippen molar-refractivity contribution in [1.82, 2.24) is 9.88 Å². The number of pyridine rings is 1. The topological polar surface area (TPSA) is 65.5 Å². The van der Waals surface area contributed by atoms with Crippen molar-refractivity contribution in [3.8, 4) is 0 Å². The van der Waals surface area contributed by atoms with Crippen LogP contribution in [-0.2, 0) is 16.0 Å². The number of hydrogen-bond donors (Lipinski definition) is 1. The average Bonchev–Trinajstić information content (AvgIpc) is 2.64. The van der Waals surface area contributed by atoms with E-state index in [0.717, 1.165) is 24.5 Å². The van der Waals surface area contributed by atoms with Gasteiger partial charge in [0.05, 0.1) is 18.3 Å². The standard InChI is InChI=1S/C19H21FN4O2/c1-14(25)23-8-10-24(11-9-23)18-7-6-17(13-21-18)22-19(26)12-15-2-4-16(20)5-3-15/h2-7,13H,8-12H2,1H3,(H,22,26). The fourth-order valence-corrected chi connectivity index (χ4v) is 2.89. The molecule has 136 valence electrons. The Balaban J connectivity index is 1.53. The number of amides is 2. The Morgan fingerprint density at radius 1 is 1.08 bits per heavy atom. The van der Waals surface area contributed by atoms with Gasteiger partial charge in [0.15, 0.2) is 0 Å². The highest BCUT2D eigenvalue weighted by Crippen LogP contribution is 2.16. The lowest BCUT2D eigenvalue weighted by molar-refractivity contribution is -0.129. The van der Waals surface area contributed by atoms with Gasteiger partial charge in [-0.15, -0.1) is 0 Å². The molecule has 1 saturated heterocycles. The van der Waals surface area contributed by atoms with Crippen LogP contribution in [0.25, 0.3) is 0 Å². The molecule has 0 spiro atoms. The van der Waals surface area contributed by atoms with E-state index in [1.165, 1.54) is 12.1 Å². The molecule has 1 fully saturated rings. The van der Waals surface area contributed by atoms with E-state index in [-0.39, 0.29) is 24.1 Å². The molecule has 1 N–H and O–H groups in total. The smallest absolute Gasteiger partial charge is 0.228 e. The number of hydrogen-bond acceptors (Lipinski definition) is 4. The van der Waals surface area contributed by atoms with E-state index in [1.807, 2.05) is 17.0 Å². The van der Waals surface area contributed by atoms with Crippen LogP contribution in [0.15, 0.2) is 42.6 Å². The van der Waals surface area contributed by atoms with Crippen molar-refractivity contribution in [2.75, 3.05) is 36.4 Å². The lowest BCUT2D eigenvalue weighted by atomic mass is 10.1. The number of carbonyl (C=O) groups is 2. The van der Waals surface area contributed by atoms with Gasteiger partial charge in [0.2, 0.25) is 11.8 Å². The minimum absolute atomic E-state index is 0.0943. The third-order valence-corrected chi connectivity index (χ3v) is 4.36. The average molecular weight is 356 g/mol. The van der Waals surface area contributed by atoms with Crippen LogP contribution < -0.4 is 10.2 Å². The number of carbonyl (C=O) groups excluding carboxylic acids is 2. The van der Waals surface area contributed by atoms with E-state index in [9.17, 15) is 14.0 Å². The second kappa shape index (κ2) is 7.95. The highest BCUT2D eigenvalue weighted by molar-refractivity contribution is 5.92. The molecule has 6 nitrogen and oxygen atoms in total. The zero-order chi connectivity index (χ0) is 18.5. The van der Waals surface area contributed by atoms with Gasteiger partial charge in [0.1, 0.15) is 11.6 Å². The Morgan fingerprint density at radius 3 is 2.35 bits per heavy atom. The quantitative estimate of drug-likeness (QED) is 0.911. The molecule has 2 aromatic rings. The van der Waals surface area contributed by atoms with Crippen molar-refractivity contribution in [1.29, 1.82) is 0 Å². The van der Waals surface area contributed by atoms with Crippen LogP contribution >= 0.6 is 0 Å². The molecule has 7 heteroatoms. The molecule has 0 radical (unpaired) electrons. The monoisotopic (exact) mass is 356 g/mol. The van der Waals surface area contributed by atoms with Crippen molar-refractivity contribution in [2.45, 2.75) is 13.3 Å². The normalized spacial score (nSPS) is 14.2. The highest BCUT2D eigenvalue weighted by atomic mass is 19.1. The number of anilines is 2. The van der Waals surface area contributed by atoms with Gasteiger partial charge in [0.25, 0.3) is 0 Å². The van der Waals surface area contributed by atoms with Crippen molar-refractivity contribution in [3.63, 3.8) is 0 Å². The summed E-state index contributed by atoms with van der Waals surface area (Å²) in [6.07, 6.45) is 1.80. The summed E-state index contributed by atoms with van der Waals surface area (Å²) in [4.78, 5) is 31.8. The molecule has 0 aliphatic carbocycles. The molecular weight excluding hydrogens is 335 g/mol. The summed E-state index contributed by atoms with van der Waals surface area (Å²) in [7, 11) is 0. The van der Waals surface area contributed by atoms with Crippen LogP contribution in [0.1, 0.15) is 12.5 Å². The summed E-state index contributed by atoms with van der Waals surface area (Å²) in [6, 6.07) is 9.53. The Labute approximate surface area is 151 Å². The van der Waals surface area contributed by atoms with Crippen LogP contribution in [0.5, 0.6) is 0 Å². The summed E-state index contributed by atoms with van der Waals surface area (Å²) in [6.45, 7) is 4.43. The first-order valence-corrected chi connectivity index (χ1v) is 8.52. The first-order valence-electron chi connectivity index (χ1n) is 8.52. The number of nitrogens with one attached hydrogen (secondary N) is 1. The number of piperazine rings is 1. The van der Waals surface area contributed by atoms with Gasteiger partial charge in [-0.25, -0.2) is 9.37 Å². The van der Waals surface area contributed by atoms with Crippen molar-refractivity contribution < 1.29 is 14.0 Å². The van der Waals surface area contributed by atoms with E-state index < -0.39 is 0 Å². The molecule has 0 atom stereocenters. The summed E-state index contributed by atoms with van der Waals surface area (Å²) in [5.41, 5.74) is 1.36. The zero-order valence-corrected chi connectivity index (χ0v) is 14.6. The summed E-state index contributed by atoms with van der Waals surface area (Å²) >= 11 is 0. The lowest BCUT2D eigenvalue weighted by Gasteiger charge is -2.34. The van der Waals surface area contributed by atoms with Gasteiger partial charge in [0, 0.05) is 33.1 Å². The Morgan fingerprint density at radius 2 is 1.77 bits per heavy atom. The molecule has 1 aliphatic heterocycles. The van der Waals surface area contributed by atoms with E-state index in [1.54, 1.807) is 25.3 Å². The van der Waals surface area contributed by atoms with Gasteiger partial charge in [-0.05, 0) is 29.8 Å². The van der Waals surface area contributed by atoms with E-state index in [4.69, 9.17) is 0 Å². The predicted octanol–water partition coefficient (Wildman–Crippen LogP) is 2.07. The molecule has 0 unspecified atom stereocenters. The third-order valence-electron chi connectivity index (χ3n) is 4.36. The number of aromatic nitrogens is 1. The maximum absolute atomic E-state index is 12.9. The van der Waals surface area contributed by atoms with Crippen molar-refractivity contribution >= 4 is 23.3 Å². The first kappa shape index (κ1) is 17.8. The van der Waals surface area contributed by atoms with E-state index in [2.05, 4.69) is 15.2 Å². The molecule has 0 saturated carbocycles. The fourth-order valence-electron chi connectivity index (χ4n) is 2.89. The minimum Gasteiger partial charge on any atom is -0.353 e. The first-order chi connectivity index (χ1) is 12.5. The number of rotatable bonds is 4. The van der Waals surface area contributed by atoms with Crippen molar-refractivity contribution in [3.05, 3.63) is 54.0 Å². The van der Waals surface area contributed by atoms with Gasteiger partial charge in [-0.3, -0.25) is 9.59 Å². The fraction of sp³-hybridized carbons (Fsp3) is 0.316. The molecule has 2 heterocycles. The summed E-state index contributed by atoms with van der Waals surface area (Å²) in [5.74, 6) is 0.417. The summed E-state index contributed by atoms with van der Waals surface area (Å²) < 4.78 is 12.9. The van der Waals surface area contributed by atoms with Gasteiger partial charge < -0.3 is 15.1 Å². The van der Waals surface area contributed by atoms with Crippen LogP contribution in [0.3, 0.4) is 0 Å². The number of halogens is 1. The molecular formula is C19H21FN4O2. The molecule has 1 aromatic heterocycles. The molecule has 1 aromatic carbocycles. The second-order valence-corrected chi connectivity index (χ2v) is 6.25. The Bertz CT molecular complexity index is 769. The minimum atomic E-state index is -0.321. The van der Waals surface area contributed by atoms with Gasteiger partial charge in [-0.2, -0.15) is 0 Å².